The van der Waals surface area contributed by atoms with E-state index in [1.54, 1.807) is 14.2 Å². The molecule has 0 saturated carbocycles. The van der Waals surface area contributed by atoms with Gasteiger partial charge in [0.2, 0.25) is 0 Å². The fourth-order valence-electron chi connectivity index (χ4n) is 1.52. The van der Waals surface area contributed by atoms with E-state index in [2.05, 4.69) is 13.8 Å². The summed E-state index contributed by atoms with van der Waals surface area (Å²) in [7, 11) is 2.61. The second-order valence-electron chi connectivity index (χ2n) is 3.42. The van der Waals surface area contributed by atoms with Gasteiger partial charge in [-0.15, -0.1) is 7.92 Å². The average molecular weight is 236 g/mol. The molecular weight excluding hydrogens is 211 g/mol. The van der Waals surface area contributed by atoms with Crippen LogP contribution in [0, 0.1) is 0 Å². The van der Waals surface area contributed by atoms with E-state index >= 15 is 0 Å². The van der Waals surface area contributed by atoms with Gasteiger partial charge in [-0.25, -0.2) is 0 Å². The Bertz CT molecular complexity index is 103. The average Bonchev–Trinajstić information content (AvgIpc) is 2.24. The largest absolute Gasteiger partial charge is 0.400 e. The standard InChI is InChI=1S/C10H25O2PSi/c1-5-13(6-2)9-7-8-10-14(11-3)12-4/h14H,5-10H2,1-4H3. The molecule has 0 radical (unpaired) electrons. The van der Waals surface area contributed by atoms with Crippen LogP contribution in [0.2, 0.25) is 6.04 Å². The van der Waals surface area contributed by atoms with Crippen LogP contribution in [0.25, 0.3) is 0 Å². The molecule has 0 aliphatic rings. The molecule has 0 rings (SSSR count). The molecule has 0 saturated heterocycles. The zero-order valence-electron chi connectivity index (χ0n) is 10.1. The van der Waals surface area contributed by atoms with Gasteiger partial charge in [-0.05, 0) is 31.0 Å². The summed E-state index contributed by atoms with van der Waals surface area (Å²) < 4.78 is 10.6. The summed E-state index contributed by atoms with van der Waals surface area (Å²) in [5.41, 5.74) is 0. The molecule has 0 aromatic heterocycles. The second-order valence-corrected chi connectivity index (χ2v) is 8.86. The van der Waals surface area contributed by atoms with Crippen molar-refractivity contribution in [3.8, 4) is 0 Å². The lowest BCUT2D eigenvalue weighted by atomic mass is 10.4. The van der Waals surface area contributed by atoms with Crippen LogP contribution in [0.4, 0.5) is 0 Å². The molecule has 86 valence electrons. The van der Waals surface area contributed by atoms with Crippen LogP contribution in [0.15, 0.2) is 0 Å². The van der Waals surface area contributed by atoms with Crippen LogP contribution in [-0.2, 0) is 8.85 Å². The van der Waals surface area contributed by atoms with E-state index in [1.165, 1.54) is 37.4 Å². The Morgan fingerprint density at radius 1 is 1.00 bits per heavy atom. The zero-order chi connectivity index (χ0) is 10.8. The number of rotatable bonds is 9. The van der Waals surface area contributed by atoms with Gasteiger partial charge in [0, 0.05) is 14.2 Å². The fraction of sp³-hybridized carbons (Fsp3) is 1.00. The van der Waals surface area contributed by atoms with Gasteiger partial charge in [0.25, 0.3) is 0 Å². The highest BCUT2D eigenvalue weighted by Gasteiger charge is 2.09. The number of hydrogen-bond donors (Lipinski definition) is 0. The highest BCUT2D eigenvalue weighted by atomic mass is 31.1. The molecule has 0 spiro atoms. The Balaban J connectivity index is 3.35. The predicted octanol–water partition coefficient (Wildman–Crippen LogP) is 2.80. The van der Waals surface area contributed by atoms with Crippen molar-refractivity contribution >= 4 is 17.2 Å². The van der Waals surface area contributed by atoms with Crippen LogP contribution in [0.1, 0.15) is 26.7 Å². The molecule has 0 bridgehead atoms. The third kappa shape index (κ3) is 6.94. The molecule has 0 aliphatic carbocycles. The maximum absolute atomic E-state index is 5.28. The van der Waals surface area contributed by atoms with Crippen molar-refractivity contribution < 1.29 is 8.85 Å². The molecule has 0 N–H and O–H groups in total. The van der Waals surface area contributed by atoms with E-state index < -0.39 is 9.28 Å². The van der Waals surface area contributed by atoms with Crippen LogP contribution < -0.4 is 0 Å². The zero-order valence-corrected chi connectivity index (χ0v) is 12.1. The second kappa shape index (κ2) is 10.1. The van der Waals surface area contributed by atoms with Gasteiger partial charge in [-0.1, -0.05) is 20.3 Å². The van der Waals surface area contributed by atoms with Gasteiger partial charge < -0.3 is 8.85 Å². The molecular formula is C10H25O2PSi. The first-order valence-electron chi connectivity index (χ1n) is 5.56. The monoisotopic (exact) mass is 236 g/mol. The Morgan fingerprint density at radius 2 is 1.57 bits per heavy atom. The molecule has 0 unspecified atom stereocenters. The van der Waals surface area contributed by atoms with Crippen molar-refractivity contribution in [3.05, 3.63) is 0 Å². The van der Waals surface area contributed by atoms with Gasteiger partial charge in [-0.2, -0.15) is 0 Å². The molecule has 0 atom stereocenters. The summed E-state index contributed by atoms with van der Waals surface area (Å²) in [6, 6.07) is 1.17. The number of hydrogen-bond acceptors (Lipinski definition) is 2. The van der Waals surface area contributed by atoms with E-state index in [-0.39, 0.29) is 0 Å². The van der Waals surface area contributed by atoms with Gasteiger partial charge in [0.15, 0.2) is 0 Å². The van der Waals surface area contributed by atoms with E-state index in [1.807, 2.05) is 0 Å². The van der Waals surface area contributed by atoms with Gasteiger partial charge >= 0.3 is 9.28 Å². The van der Waals surface area contributed by atoms with Crippen molar-refractivity contribution in [2.45, 2.75) is 32.7 Å². The summed E-state index contributed by atoms with van der Waals surface area (Å²) in [5.74, 6) is 0. The Hall–Kier alpha value is 0.567. The molecule has 0 aromatic rings. The summed E-state index contributed by atoms with van der Waals surface area (Å²) in [4.78, 5) is 0. The molecule has 4 heteroatoms. The summed E-state index contributed by atoms with van der Waals surface area (Å²) in [5, 5.41) is 0. The lowest BCUT2D eigenvalue weighted by Gasteiger charge is -2.14. The van der Waals surface area contributed by atoms with Crippen molar-refractivity contribution in [1.29, 1.82) is 0 Å². The number of unbranched alkanes of at least 4 members (excludes halogenated alkanes) is 1. The van der Waals surface area contributed by atoms with E-state index in [0.29, 0.717) is 7.92 Å². The molecule has 14 heavy (non-hydrogen) atoms. The lowest BCUT2D eigenvalue weighted by Crippen LogP contribution is -2.18. The maximum Gasteiger partial charge on any atom is 0.320 e. The minimum Gasteiger partial charge on any atom is -0.400 e. The molecule has 0 heterocycles. The SMILES string of the molecule is CCP(CC)CCCC[SiH](OC)OC. The van der Waals surface area contributed by atoms with Gasteiger partial charge in [-0.3, -0.25) is 0 Å². The van der Waals surface area contributed by atoms with Crippen LogP contribution in [0.5, 0.6) is 0 Å². The minimum absolute atomic E-state index is 0.338. The maximum atomic E-state index is 5.28. The molecule has 0 aliphatic heterocycles. The summed E-state index contributed by atoms with van der Waals surface area (Å²) >= 11 is 0. The third-order valence-electron chi connectivity index (χ3n) is 2.58. The molecule has 0 fully saturated rings. The minimum atomic E-state index is -1.27. The summed E-state index contributed by atoms with van der Waals surface area (Å²) in [6.07, 6.45) is 6.88. The Morgan fingerprint density at radius 3 is 2.00 bits per heavy atom. The van der Waals surface area contributed by atoms with E-state index in [4.69, 9.17) is 8.85 Å². The Kier molecular flexibility index (Phi) is 10.5. The third-order valence-corrected chi connectivity index (χ3v) is 7.25. The van der Waals surface area contributed by atoms with Crippen molar-refractivity contribution in [3.63, 3.8) is 0 Å². The lowest BCUT2D eigenvalue weighted by molar-refractivity contribution is 0.276. The molecule has 2 nitrogen and oxygen atoms in total. The van der Waals surface area contributed by atoms with Gasteiger partial charge in [0.05, 0.1) is 0 Å². The van der Waals surface area contributed by atoms with Crippen LogP contribution in [-0.4, -0.2) is 42.0 Å². The van der Waals surface area contributed by atoms with Crippen molar-refractivity contribution in [2.75, 3.05) is 32.7 Å². The van der Waals surface area contributed by atoms with E-state index in [9.17, 15) is 0 Å². The highest BCUT2D eigenvalue weighted by Crippen LogP contribution is 2.35. The van der Waals surface area contributed by atoms with E-state index in [0.717, 1.165) is 0 Å². The van der Waals surface area contributed by atoms with Gasteiger partial charge in [0.1, 0.15) is 0 Å². The topological polar surface area (TPSA) is 18.5 Å². The first kappa shape index (κ1) is 14.6. The van der Waals surface area contributed by atoms with Crippen LogP contribution in [0.3, 0.4) is 0 Å². The quantitative estimate of drug-likeness (QED) is 0.348. The van der Waals surface area contributed by atoms with Crippen molar-refractivity contribution in [1.82, 2.24) is 0 Å². The molecule has 0 amide bonds. The first-order chi connectivity index (χ1) is 6.78. The smallest absolute Gasteiger partial charge is 0.320 e. The predicted molar refractivity (Wildman–Crippen MR) is 68.1 cm³/mol. The summed E-state index contributed by atoms with van der Waals surface area (Å²) in [6.45, 7) is 4.63. The van der Waals surface area contributed by atoms with Crippen molar-refractivity contribution in [2.24, 2.45) is 0 Å². The van der Waals surface area contributed by atoms with Crippen LogP contribution >= 0.6 is 7.92 Å². The Labute approximate surface area is 92.0 Å². The highest BCUT2D eigenvalue weighted by molar-refractivity contribution is 7.57. The normalized spacial score (nSPS) is 11.6. The first-order valence-corrected chi connectivity index (χ1v) is 9.22. The molecule has 0 aromatic carbocycles. The fourth-order valence-corrected chi connectivity index (χ4v) is 4.55.